The van der Waals surface area contributed by atoms with E-state index in [1.807, 2.05) is 0 Å². The summed E-state index contributed by atoms with van der Waals surface area (Å²) in [6.07, 6.45) is -5.82. The third-order valence-corrected chi connectivity index (χ3v) is 4.74. The van der Waals surface area contributed by atoms with Gasteiger partial charge in [0.15, 0.2) is 5.78 Å². The maximum absolute atomic E-state index is 13.2. The Morgan fingerprint density at radius 3 is 2.19 bits per heavy atom. The summed E-state index contributed by atoms with van der Waals surface area (Å²) in [7, 11) is 0. The molecule has 0 radical (unpaired) electrons. The van der Waals surface area contributed by atoms with E-state index in [1.165, 1.54) is 32.0 Å². The van der Waals surface area contributed by atoms with Crippen LogP contribution in [0.15, 0.2) is 24.3 Å². The molecule has 1 rings (SSSR count). The van der Waals surface area contributed by atoms with Crippen LogP contribution in [0.25, 0.3) is 0 Å². The number of rotatable bonds is 12. The SMILES string of the molecule is CC(=O)[C@H](CN)NC(=O)[C@@H](NC(=O)[C@H](CCN)NCc1ccccc1C(F)(F)F)[C@H](C)O. The molecule has 1 aromatic rings. The highest BCUT2D eigenvalue weighted by atomic mass is 19.4. The number of hydrogen-bond acceptors (Lipinski definition) is 7. The van der Waals surface area contributed by atoms with Crippen molar-refractivity contribution in [3.63, 3.8) is 0 Å². The molecule has 0 aromatic heterocycles. The van der Waals surface area contributed by atoms with Gasteiger partial charge >= 0.3 is 6.18 Å². The molecule has 0 spiro atoms. The number of nitrogens with two attached hydrogens (primary N) is 2. The van der Waals surface area contributed by atoms with Crippen LogP contribution in [0.4, 0.5) is 13.2 Å². The van der Waals surface area contributed by atoms with E-state index in [2.05, 4.69) is 16.0 Å². The average Bonchev–Trinajstić information content (AvgIpc) is 2.71. The number of carbonyl (C=O) groups is 3. The molecule has 32 heavy (non-hydrogen) atoms. The molecule has 0 heterocycles. The molecule has 180 valence electrons. The molecular formula is C20H30F3N5O4. The zero-order valence-corrected chi connectivity index (χ0v) is 17.9. The second-order valence-electron chi connectivity index (χ2n) is 7.30. The van der Waals surface area contributed by atoms with Gasteiger partial charge in [0.2, 0.25) is 11.8 Å². The van der Waals surface area contributed by atoms with E-state index in [4.69, 9.17) is 11.5 Å². The molecule has 0 aliphatic rings. The first-order chi connectivity index (χ1) is 14.9. The van der Waals surface area contributed by atoms with Crippen LogP contribution >= 0.6 is 0 Å². The summed E-state index contributed by atoms with van der Waals surface area (Å²) in [5, 5.41) is 17.4. The van der Waals surface area contributed by atoms with Crippen molar-refractivity contribution in [3.8, 4) is 0 Å². The molecule has 0 saturated heterocycles. The molecule has 0 aliphatic carbocycles. The lowest BCUT2D eigenvalue weighted by molar-refractivity contribution is -0.138. The third-order valence-electron chi connectivity index (χ3n) is 4.74. The van der Waals surface area contributed by atoms with E-state index in [-0.39, 0.29) is 31.6 Å². The number of Topliss-reactive ketones (excluding diaryl/α,β-unsaturated/α-hetero) is 1. The predicted molar refractivity (Wildman–Crippen MR) is 111 cm³/mol. The van der Waals surface area contributed by atoms with E-state index in [9.17, 15) is 32.7 Å². The summed E-state index contributed by atoms with van der Waals surface area (Å²) < 4.78 is 39.6. The predicted octanol–water partition coefficient (Wildman–Crippen LogP) is -0.589. The molecule has 9 nitrogen and oxygen atoms in total. The minimum Gasteiger partial charge on any atom is -0.391 e. The lowest BCUT2D eigenvalue weighted by Crippen LogP contribution is -2.59. The Bertz CT molecular complexity index is 789. The van der Waals surface area contributed by atoms with Crippen LogP contribution in [0.1, 0.15) is 31.4 Å². The third kappa shape index (κ3) is 8.19. The minimum atomic E-state index is -4.56. The van der Waals surface area contributed by atoms with Crippen molar-refractivity contribution in [1.29, 1.82) is 0 Å². The number of benzene rings is 1. The molecule has 0 saturated carbocycles. The first-order valence-electron chi connectivity index (χ1n) is 10.00. The van der Waals surface area contributed by atoms with Crippen molar-refractivity contribution in [2.24, 2.45) is 11.5 Å². The average molecular weight is 461 g/mol. The van der Waals surface area contributed by atoms with Gasteiger partial charge in [0, 0.05) is 13.1 Å². The topological polar surface area (TPSA) is 160 Å². The van der Waals surface area contributed by atoms with Crippen molar-refractivity contribution in [2.75, 3.05) is 13.1 Å². The van der Waals surface area contributed by atoms with Gasteiger partial charge in [0.05, 0.1) is 23.8 Å². The van der Waals surface area contributed by atoms with Crippen molar-refractivity contribution in [2.45, 2.75) is 57.2 Å². The minimum absolute atomic E-state index is 0.0388. The Labute approximate surface area is 184 Å². The molecule has 12 heteroatoms. The second kappa shape index (κ2) is 12.5. The zero-order chi connectivity index (χ0) is 24.5. The quantitative estimate of drug-likeness (QED) is 0.243. The van der Waals surface area contributed by atoms with Gasteiger partial charge in [-0.05, 0) is 38.4 Å². The highest BCUT2D eigenvalue weighted by molar-refractivity contribution is 5.93. The molecule has 0 fully saturated rings. The summed E-state index contributed by atoms with van der Waals surface area (Å²) >= 11 is 0. The van der Waals surface area contributed by atoms with Gasteiger partial charge in [0.1, 0.15) is 6.04 Å². The Hall–Kier alpha value is -2.54. The van der Waals surface area contributed by atoms with Crippen molar-refractivity contribution < 1.29 is 32.7 Å². The Balaban J connectivity index is 2.93. The van der Waals surface area contributed by atoms with Crippen LogP contribution in [-0.2, 0) is 27.1 Å². The van der Waals surface area contributed by atoms with Crippen LogP contribution in [-0.4, -0.2) is 60.0 Å². The molecular weight excluding hydrogens is 431 g/mol. The number of halogens is 3. The Kier molecular flexibility index (Phi) is 10.7. The molecule has 0 unspecified atom stereocenters. The smallest absolute Gasteiger partial charge is 0.391 e. The summed E-state index contributed by atoms with van der Waals surface area (Å²) in [6.45, 7) is 2.09. The van der Waals surface area contributed by atoms with Gasteiger partial charge in [-0.15, -0.1) is 0 Å². The lowest BCUT2D eigenvalue weighted by atomic mass is 10.1. The molecule has 4 atom stereocenters. The monoisotopic (exact) mass is 461 g/mol. The van der Waals surface area contributed by atoms with Crippen LogP contribution in [0.5, 0.6) is 0 Å². The van der Waals surface area contributed by atoms with Gasteiger partial charge in [-0.1, -0.05) is 18.2 Å². The number of aliphatic hydroxyl groups excluding tert-OH is 1. The summed E-state index contributed by atoms with van der Waals surface area (Å²) in [6, 6.07) is 1.49. The van der Waals surface area contributed by atoms with E-state index < -0.39 is 53.6 Å². The number of nitrogens with one attached hydrogen (secondary N) is 3. The zero-order valence-electron chi connectivity index (χ0n) is 17.9. The van der Waals surface area contributed by atoms with Crippen molar-refractivity contribution in [1.82, 2.24) is 16.0 Å². The molecule has 2 amide bonds. The normalized spacial score (nSPS) is 15.4. The second-order valence-corrected chi connectivity index (χ2v) is 7.30. The molecule has 0 bridgehead atoms. The largest absolute Gasteiger partial charge is 0.416 e. The lowest BCUT2D eigenvalue weighted by Gasteiger charge is -2.26. The van der Waals surface area contributed by atoms with Crippen LogP contribution in [0.2, 0.25) is 0 Å². The standard InChI is InChI=1S/C20H30F3N5O4/c1-11(29)16(9-25)27-19(32)17(12(2)30)28-18(31)15(7-8-24)26-10-13-5-3-4-6-14(13)20(21,22)23/h3-6,12,15-17,26,30H,7-10,24-25H2,1-2H3,(H,27,32)(H,28,31)/t12-,15-,16-,17-/m0/s1. The fourth-order valence-electron chi connectivity index (χ4n) is 2.92. The Morgan fingerprint density at radius 1 is 1.06 bits per heavy atom. The number of ketones is 1. The van der Waals surface area contributed by atoms with Gasteiger partial charge in [-0.25, -0.2) is 0 Å². The van der Waals surface area contributed by atoms with Crippen molar-refractivity contribution >= 4 is 17.6 Å². The first-order valence-corrected chi connectivity index (χ1v) is 10.00. The fourth-order valence-corrected chi connectivity index (χ4v) is 2.92. The highest BCUT2D eigenvalue weighted by Gasteiger charge is 2.34. The number of hydrogen-bond donors (Lipinski definition) is 6. The highest BCUT2D eigenvalue weighted by Crippen LogP contribution is 2.31. The number of alkyl halides is 3. The maximum Gasteiger partial charge on any atom is 0.416 e. The number of carbonyl (C=O) groups excluding carboxylic acids is 3. The van der Waals surface area contributed by atoms with E-state index in [0.29, 0.717) is 0 Å². The summed E-state index contributed by atoms with van der Waals surface area (Å²) in [5.74, 6) is -1.97. The molecule has 1 aromatic carbocycles. The number of aliphatic hydroxyl groups is 1. The van der Waals surface area contributed by atoms with Gasteiger partial charge in [-0.3, -0.25) is 14.4 Å². The van der Waals surface area contributed by atoms with Crippen LogP contribution in [0.3, 0.4) is 0 Å². The summed E-state index contributed by atoms with van der Waals surface area (Å²) in [4.78, 5) is 36.6. The van der Waals surface area contributed by atoms with E-state index in [1.54, 1.807) is 0 Å². The van der Waals surface area contributed by atoms with E-state index >= 15 is 0 Å². The van der Waals surface area contributed by atoms with Crippen LogP contribution < -0.4 is 27.4 Å². The van der Waals surface area contributed by atoms with E-state index in [0.717, 1.165) is 6.07 Å². The number of amides is 2. The Morgan fingerprint density at radius 2 is 1.69 bits per heavy atom. The van der Waals surface area contributed by atoms with Crippen molar-refractivity contribution in [3.05, 3.63) is 35.4 Å². The van der Waals surface area contributed by atoms with Crippen LogP contribution in [0, 0.1) is 0 Å². The maximum atomic E-state index is 13.2. The van der Waals surface area contributed by atoms with Gasteiger partial charge < -0.3 is 32.5 Å². The first kappa shape index (κ1) is 27.5. The fraction of sp³-hybridized carbons (Fsp3) is 0.550. The summed E-state index contributed by atoms with van der Waals surface area (Å²) in [5.41, 5.74) is 10.1. The molecule has 8 N–H and O–H groups in total. The molecule has 0 aliphatic heterocycles. The van der Waals surface area contributed by atoms with Gasteiger partial charge in [0.25, 0.3) is 0 Å². The van der Waals surface area contributed by atoms with Gasteiger partial charge in [-0.2, -0.15) is 13.2 Å².